The van der Waals surface area contributed by atoms with Gasteiger partial charge in [-0.25, -0.2) is 4.68 Å². The van der Waals surface area contributed by atoms with Crippen molar-refractivity contribution in [1.82, 2.24) is 14.7 Å². The molecule has 1 aromatic heterocycles. The average Bonchev–Trinajstić information content (AvgIpc) is 3.47. The molecule has 8 nitrogen and oxygen atoms in total. The summed E-state index contributed by atoms with van der Waals surface area (Å²) in [6.45, 7) is 3.29. The minimum Gasteiger partial charge on any atom is -0.378 e. The van der Waals surface area contributed by atoms with Gasteiger partial charge >= 0.3 is 0 Å². The number of hydrogen-bond acceptors (Lipinski definition) is 5. The van der Waals surface area contributed by atoms with Crippen LogP contribution in [-0.4, -0.2) is 38.6 Å². The van der Waals surface area contributed by atoms with Crippen molar-refractivity contribution in [2.75, 3.05) is 18.4 Å². The Morgan fingerprint density at radius 3 is 2.63 bits per heavy atom. The van der Waals surface area contributed by atoms with Crippen LogP contribution >= 0.6 is 0 Å². The molecule has 0 saturated carbocycles. The van der Waals surface area contributed by atoms with E-state index in [4.69, 9.17) is 0 Å². The standard InChI is InChI=1S/C22H23N5O3/c1-16(18-7-2-3-8-20(18)26-14-6-11-23-26)24-17-9-10-21(27(29)30)19(15-17)22(28)25-12-4-5-13-25/h2-3,6-11,14-16,24H,4-5,12-13H2,1H3. The molecule has 3 aromatic rings. The Kier molecular flexibility index (Phi) is 5.47. The van der Waals surface area contributed by atoms with E-state index >= 15 is 0 Å². The molecule has 1 amide bonds. The van der Waals surface area contributed by atoms with Crippen LogP contribution in [0.3, 0.4) is 0 Å². The number of rotatable bonds is 6. The maximum Gasteiger partial charge on any atom is 0.282 e. The molecule has 30 heavy (non-hydrogen) atoms. The van der Waals surface area contributed by atoms with E-state index in [9.17, 15) is 14.9 Å². The third-order valence-electron chi connectivity index (χ3n) is 5.35. The van der Waals surface area contributed by atoms with Gasteiger partial charge in [0.1, 0.15) is 5.56 Å². The summed E-state index contributed by atoms with van der Waals surface area (Å²) in [5, 5.41) is 19.2. The summed E-state index contributed by atoms with van der Waals surface area (Å²) in [6.07, 6.45) is 5.46. The van der Waals surface area contributed by atoms with E-state index in [0.29, 0.717) is 18.8 Å². The van der Waals surface area contributed by atoms with E-state index in [0.717, 1.165) is 24.1 Å². The fraction of sp³-hybridized carbons (Fsp3) is 0.273. The molecular weight excluding hydrogens is 382 g/mol. The molecule has 0 spiro atoms. The van der Waals surface area contributed by atoms with Crippen LogP contribution in [0.1, 0.15) is 41.7 Å². The second-order valence-corrected chi connectivity index (χ2v) is 7.36. The Hall–Kier alpha value is -3.68. The predicted molar refractivity (Wildman–Crippen MR) is 114 cm³/mol. The largest absolute Gasteiger partial charge is 0.378 e. The van der Waals surface area contributed by atoms with Gasteiger partial charge in [0.2, 0.25) is 0 Å². The molecule has 0 bridgehead atoms. The van der Waals surface area contributed by atoms with Crippen LogP contribution in [0.5, 0.6) is 0 Å². The van der Waals surface area contributed by atoms with Crippen LogP contribution in [0, 0.1) is 10.1 Å². The number of nitro benzene ring substituents is 1. The van der Waals surface area contributed by atoms with E-state index in [1.807, 2.05) is 43.5 Å². The van der Waals surface area contributed by atoms with Gasteiger partial charge in [-0.2, -0.15) is 5.10 Å². The molecule has 1 fully saturated rings. The first-order chi connectivity index (χ1) is 14.5. The highest BCUT2D eigenvalue weighted by molar-refractivity contribution is 5.99. The number of para-hydroxylation sites is 1. The number of likely N-dealkylation sites (tertiary alicyclic amines) is 1. The van der Waals surface area contributed by atoms with Crippen LogP contribution in [-0.2, 0) is 0 Å². The van der Waals surface area contributed by atoms with Gasteiger partial charge in [-0.3, -0.25) is 14.9 Å². The first kappa shape index (κ1) is 19.6. The Morgan fingerprint density at radius 1 is 1.17 bits per heavy atom. The van der Waals surface area contributed by atoms with Gasteiger partial charge in [0, 0.05) is 37.2 Å². The summed E-state index contributed by atoms with van der Waals surface area (Å²) >= 11 is 0. The van der Waals surface area contributed by atoms with Crippen molar-refractivity contribution in [3.63, 3.8) is 0 Å². The Bertz CT molecular complexity index is 1060. The van der Waals surface area contributed by atoms with Gasteiger partial charge in [-0.1, -0.05) is 18.2 Å². The molecule has 154 valence electrons. The zero-order chi connectivity index (χ0) is 21.1. The number of hydrogen-bond donors (Lipinski definition) is 1. The summed E-state index contributed by atoms with van der Waals surface area (Å²) in [4.78, 5) is 25.5. The van der Waals surface area contributed by atoms with Crippen molar-refractivity contribution >= 4 is 17.3 Å². The predicted octanol–water partition coefficient (Wildman–Crippen LogP) is 4.19. The SMILES string of the molecule is CC(Nc1ccc([N+](=O)[O-])c(C(=O)N2CCCC2)c1)c1ccccc1-n1cccn1. The zero-order valence-corrected chi connectivity index (χ0v) is 16.7. The molecule has 1 unspecified atom stereocenters. The lowest BCUT2D eigenvalue weighted by Gasteiger charge is -2.20. The van der Waals surface area contributed by atoms with Gasteiger partial charge in [0.25, 0.3) is 11.6 Å². The number of aromatic nitrogens is 2. The molecule has 1 aliphatic heterocycles. The first-order valence-corrected chi connectivity index (χ1v) is 9.98. The van der Waals surface area contributed by atoms with E-state index in [-0.39, 0.29) is 23.2 Å². The third-order valence-corrected chi connectivity index (χ3v) is 5.35. The molecule has 4 rings (SSSR count). The van der Waals surface area contributed by atoms with Gasteiger partial charge in [0.15, 0.2) is 0 Å². The van der Waals surface area contributed by atoms with Crippen molar-refractivity contribution in [2.45, 2.75) is 25.8 Å². The summed E-state index contributed by atoms with van der Waals surface area (Å²) in [5.74, 6) is -0.285. The number of benzene rings is 2. The summed E-state index contributed by atoms with van der Waals surface area (Å²) in [7, 11) is 0. The average molecular weight is 405 g/mol. The fourth-order valence-electron chi connectivity index (χ4n) is 3.85. The molecule has 1 saturated heterocycles. The van der Waals surface area contributed by atoms with Crippen molar-refractivity contribution < 1.29 is 9.72 Å². The quantitative estimate of drug-likeness (QED) is 0.490. The molecule has 1 aliphatic rings. The molecule has 1 N–H and O–H groups in total. The highest BCUT2D eigenvalue weighted by Crippen LogP contribution is 2.29. The third kappa shape index (κ3) is 3.89. The van der Waals surface area contributed by atoms with Gasteiger partial charge in [-0.05, 0) is 49.6 Å². The molecule has 0 aliphatic carbocycles. The van der Waals surface area contributed by atoms with Crippen molar-refractivity contribution in [3.05, 3.63) is 82.2 Å². The number of nitrogens with zero attached hydrogens (tertiary/aromatic N) is 4. The smallest absolute Gasteiger partial charge is 0.282 e. The summed E-state index contributed by atoms with van der Waals surface area (Å²) < 4.78 is 1.80. The fourth-order valence-corrected chi connectivity index (χ4v) is 3.85. The highest BCUT2D eigenvalue weighted by Gasteiger charge is 2.27. The first-order valence-electron chi connectivity index (χ1n) is 9.98. The molecule has 2 heterocycles. The Balaban J connectivity index is 1.63. The minimum atomic E-state index is -0.497. The van der Waals surface area contributed by atoms with Crippen LogP contribution < -0.4 is 5.32 Å². The van der Waals surface area contributed by atoms with E-state index < -0.39 is 4.92 Å². The number of nitro groups is 1. The number of carbonyl (C=O) groups is 1. The number of amides is 1. The van der Waals surface area contributed by atoms with E-state index in [1.54, 1.807) is 27.9 Å². The Morgan fingerprint density at radius 2 is 1.93 bits per heavy atom. The van der Waals surface area contributed by atoms with Gasteiger partial charge in [-0.15, -0.1) is 0 Å². The monoisotopic (exact) mass is 405 g/mol. The van der Waals surface area contributed by atoms with E-state index in [1.165, 1.54) is 6.07 Å². The lowest BCUT2D eigenvalue weighted by atomic mass is 10.0. The lowest BCUT2D eigenvalue weighted by Crippen LogP contribution is -2.28. The van der Waals surface area contributed by atoms with Crippen LogP contribution in [0.2, 0.25) is 0 Å². The van der Waals surface area contributed by atoms with E-state index in [2.05, 4.69) is 10.4 Å². The minimum absolute atomic E-state index is 0.110. The second kappa shape index (κ2) is 8.36. The molecular formula is C22H23N5O3. The number of anilines is 1. The second-order valence-electron chi connectivity index (χ2n) is 7.36. The zero-order valence-electron chi connectivity index (χ0n) is 16.7. The molecule has 1 atom stereocenters. The Labute approximate surface area is 174 Å². The summed E-state index contributed by atoms with van der Waals surface area (Å²) in [5.41, 5.74) is 2.58. The maximum atomic E-state index is 12.9. The van der Waals surface area contributed by atoms with Crippen molar-refractivity contribution in [1.29, 1.82) is 0 Å². The van der Waals surface area contributed by atoms with Crippen LogP contribution in [0.15, 0.2) is 60.9 Å². The van der Waals surface area contributed by atoms with Crippen LogP contribution in [0.25, 0.3) is 5.69 Å². The maximum absolute atomic E-state index is 12.9. The number of nitrogens with one attached hydrogen (secondary N) is 1. The number of carbonyl (C=O) groups excluding carboxylic acids is 1. The molecule has 2 aromatic carbocycles. The van der Waals surface area contributed by atoms with Crippen molar-refractivity contribution in [3.8, 4) is 5.69 Å². The molecule has 0 radical (unpaired) electrons. The molecule has 8 heteroatoms. The normalized spacial score (nSPS) is 14.5. The summed E-state index contributed by atoms with van der Waals surface area (Å²) in [6, 6.07) is 14.3. The lowest BCUT2D eigenvalue weighted by molar-refractivity contribution is -0.385. The van der Waals surface area contributed by atoms with Crippen LogP contribution in [0.4, 0.5) is 11.4 Å². The van der Waals surface area contributed by atoms with Crippen molar-refractivity contribution in [2.24, 2.45) is 0 Å². The van der Waals surface area contributed by atoms with Gasteiger partial charge < -0.3 is 10.2 Å². The topological polar surface area (TPSA) is 93.3 Å². The highest BCUT2D eigenvalue weighted by atomic mass is 16.6. The van der Waals surface area contributed by atoms with Gasteiger partial charge in [0.05, 0.1) is 16.7 Å².